The molecule has 0 bridgehead atoms. The van der Waals surface area contributed by atoms with Gasteiger partial charge in [0.15, 0.2) is 5.82 Å². The van der Waals surface area contributed by atoms with Crippen LogP contribution in [0.25, 0.3) is 22.3 Å². The van der Waals surface area contributed by atoms with Gasteiger partial charge in [0, 0.05) is 71.6 Å². The van der Waals surface area contributed by atoms with Crippen molar-refractivity contribution in [2.45, 2.75) is 90.5 Å². The standard InChI is InChI=1S/C53H56N8O6/c1-5-66-43-26-40(29-54-30-43)36-15-22-46-48(27-36)60(53(63)34-10-16-41(64-3)17-11-34)32-39-9-7-25-56-51(39)61(46)67-42-18-12-35(13-19-42)52(62)59-31-38-8-6-24-55-50(38)58-45-21-14-37(28-47(45)59)44-20-23-49(65-4)57-33(44)2/h6-9,14-15,20-30,34-35,41-42H,5,10-13,16-19,31-32H2,1-4H3,(H,55,58)/t34-,35-,41-,42-. The van der Waals surface area contributed by atoms with Gasteiger partial charge < -0.3 is 29.3 Å². The Labute approximate surface area is 391 Å². The second-order valence-electron chi connectivity index (χ2n) is 17.8. The van der Waals surface area contributed by atoms with Gasteiger partial charge in [-0.05, 0) is 125 Å². The number of amides is 2. The second-order valence-corrected chi connectivity index (χ2v) is 17.8. The Bertz CT molecular complexity index is 2790. The number of aromatic nitrogens is 4. The summed E-state index contributed by atoms with van der Waals surface area (Å²) in [5, 5.41) is 5.36. The highest BCUT2D eigenvalue weighted by molar-refractivity contribution is 6.02. The summed E-state index contributed by atoms with van der Waals surface area (Å²) in [7, 11) is 3.36. The number of rotatable bonds is 10. The van der Waals surface area contributed by atoms with Crippen molar-refractivity contribution in [3.63, 3.8) is 0 Å². The van der Waals surface area contributed by atoms with Gasteiger partial charge in [-0.1, -0.05) is 24.3 Å². The average Bonchev–Trinajstić information content (AvgIpc) is 3.62. The summed E-state index contributed by atoms with van der Waals surface area (Å²) in [4.78, 5) is 59.3. The molecular formula is C53H56N8O6. The Kier molecular flexibility index (Phi) is 12.6. The van der Waals surface area contributed by atoms with Crippen molar-refractivity contribution >= 4 is 46.2 Å². The minimum atomic E-state index is -0.231. The molecule has 0 spiro atoms. The van der Waals surface area contributed by atoms with Crippen molar-refractivity contribution in [1.29, 1.82) is 0 Å². The molecule has 0 radical (unpaired) electrons. The molecule has 4 aromatic heterocycles. The van der Waals surface area contributed by atoms with Crippen LogP contribution >= 0.6 is 0 Å². The lowest BCUT2D eigenvalue weighted by Crippen LogP contribution is -2.39. The molecule has 4 aliphatic rings. The molecule has 2 aliphatic carbocycles. The Morgan fingerprint density at radius 3 is 2.12 bits per heavy atom. The first-order valence-corrected chi connectivity index (χ1v) is 23.4. The van der Waals surface area contributed by atoms with Gasteiger partial charge in [-0.3, -0.25) is 19.4 Å². The van der Waals surface area contributed by atoms with Crippen LogP contribution in [0.15, 0.2) is 104 Å². The minimum absolute atomic E-state index is 0.0659. The lowest BCUT2D eigenvalue weighted by molar-refractivity contribution is -0.125. The average molecular weight is 901 g/mol. The highest BCUT2D eigenvalue weighted by Crippen LogP contribution is 2.46. The number of methoxy groups -OCH3 is 2. The van der Waals surface area contributed by atoms with Gasteiger partial charge in [0.1, 0.15) is 11.6 Å². The van der Waals surface area contributed by atoms with Gasteiger partial charge >= 0.3 is 0 Å². The fourth-order valence-electron chi connectivity index (χ4n) is 10.1. The van der Waals surface area contributed by atoms with Gasteiger partial charge in [0.2, 0.25) is 17.7 Å². The number of carbonyl (C=O) groups excluding carboxylic acids is 2. The number of benzene rings is 2. The molecule has 0 unspecified atom stereocenters. The molecule has 2 fully saturated rings. The van der Waals surface area contributed by atoms with E-state index in [1.165, 1.54) is 0 Å². The van der Waals surface area contributed by atoms with E-state index in [1.54, 1.807) is 32.8 Å². The molecule has 6 aromatic rings. The number of ether oxygens (including phenoxy) is 3. The zero-order valence-electron chi connectivity index (χ0n) is 38.5. The second kappa shape index (κ2) is 19.1. The summed E-state index contributed by atoms with van der Waals surface area (Å²) in [6.07, 6.45) is 12.8. The van der Waals surface area contributed by atoms with Crippen LogP contribution in [-0.2, 0) is 32.3 Å². The van der Waals surface area contributed by atoms with Crippen LogP contribution in [0.5, 0.6) is 11.6 Å². The van der Waals surface area contributed by atoms with Gasteiger partial charge in [0.05, 0.1) is 68.0 Å². The molecule has 344 valence electrons. The van der Waals surface area contributed by atoms with Crippen LogP contribution in [0.2, 0.25) is 0 Å². The summed E-state index contributed by atoms with van der Waals surface area (Å²) in [6, 6.07) is 26.0. The molecule has 2 saturated carbocycles. The number of anilines is 6. The van der Waals surface area contributed by atoms with Crippen molar-refractivity contribution in [3.05, 3.63) is 120 Å². The van der Waals surface area contributed by atoms with Crippen LogP contribution in [0.3, 0.4) is 0 Å². The largest absolute Gasteiger partial charge is 0.492 e. The third kappa shape index (κ3) is 8.91. The topological polar surface area (TPSA) is 144 Å². The molecule has 2 aromatic carbocycles. The van der Waals surface area contributed by atoms with Crippen molar-refractivity contribution in [2.24, 2.45) is 11.8 Å². The number of pyridine rings is 4. The van der Waals surface area contributed by atoms with E-state index < -0.39 is 0 Å². The summed E-state index contributed by atoms with van der Waals surface area (Å²) >= 11 is 0. The molecule has 1 N–H and O–H groups in total. The number of fused-ring (bicyclic) bond motifs is 4. The Balaban J connectivity index is 0.938. The third-order valence-electron chi connectivity index (χ3n) is 13.7. The van der Waals surface area contributed by atoms with Crippen LogP contribution in [0, 0.1) is 18.8 Å². The van der Waals surface area contributed by atoms with E-state index in [2.05, 4.69) is 38.5 Å². The summed E-state index contributed by atoms with van der Waals surface area (Å²) in [6.45, 7) is 5.16. The number of carbonyl (C=O) groups is 2. The SMILES string of the molecule is CCOc1cncc(-c2ccc3c(c2)N(C(=O)[C@H]2CC[C@H](OC)CC2)Cc2cccnc2N3O[C@H]2CC[C@H](C(=O)N3Cc4cccnc4Nc4ccc(-c5ccc(OC)nc5C)cc43)CC2)c1. The van der Waals surface area contributed by atoms with Crippen molar-refractivity contribution in [3.8, 4) is 33.9 Å². The predicted molar refractivity (Wildman–Crippen MR) is 258 cm³/mol. The summed E-state index contributed by atoms with van der Waals surface area (Å²) in [5.41, 5.74) is 9.43. The van der Waals surface area contributed by atoms with Crippen LogP contribution in [0.1, 0.15) is 75.1 Å². The molecule has 10 rings (SSSR count). The number of aryl methyl sites for hydroxylation is 1. The number of hydrogen-bond acceptors (Lipinski definition) is 12. The maximum absolute atomic E-state index is 14.9. The van der Waals surface area contributed by atoms with Gasteiger partial charge in [-0.15, -0.1) is 0 Å². The zero-order valence-corrected chi connectivity index (χ0v) is 38.5. The van der Waals surface area contributed by atoms with Crippen molar-refractivity contribution in [2.75, 3.05) is 41.0 Å². The van der Waals surface area contributed by atoms with Crippen LogP contribution in [0.4, 0.5) is 34.4 Å². The molecule has 2 amide bonds. The first-order valence-electron chi connectivity index (χ1n) is 23.4. The summed E-state index contributed by atoms with van der Waals surface area (Å²) < 4.78 is 16.9. The third-order valence-corrected chi connectivity index (χ3v) is 13.7. The smallest absolute Gasteiger partial charge is 0.230 e. The maximum atomic E-state index is 14.9. The van der Waals surface area contributed by atoms with Crippen LogP contribution in [-0.4, -0.2) is 64.8 Å². The number of nitrogens with one attached hydrogen (secondary N) is 1. The first kappa shape index (κ1) is 44.0. The lowest BCUT2D eigenvalue weighted by Gasteiger charge is -2.35. The van der Waals surface area contributed by atoms with E-state index in [4.69, 9.17) is 24.0 Å². The van der Waals surface area contributed by atoms with E-state index in [0.717, 1.165) is 93.3 Å². The van der Waals surface area contributed by atoms with Crippen molar-refractivity contribution < 1.29 is 28.6 Å². The monoisotopic (exact) mass is 900 g/mol. The fraction of sp³-hybridized carbons (Fsp3) is 0.358. The molecule has 0 atom stereocenters. The van der Waals surface area contributed by atoms with Gasteiger partial charge in [-0.2, -0.15) is 0 Å². The Hall–Kier alpha value is -6.90. The molecule has 14 nitrogen and oxygen atoms in total. The maximum Gasteiger partial charge on any atom is 0.230 e. The molecular weight excluding hydrogens is 845 g/mol. The fourth-order valence-corrected chi connectivity index (χ4v) is 10.1. The van der Waals surface area contributed by atoms with Crippen molar-refractivity contribution in [1.82, 2.24) is 19.9 Å². The first-order chi connectivity index (χ1) is 32.8. The van der Waals surface area contributed by atoms with E-state index in [0.29, 0.717) is 62.8 Å². The van der Waals surface area contributed by atoms with Gasteiger partial charge in [-0.25, -0.2) is 20.0 Å². The van der Waals surface area contributed by atoms with Gasteiger partial charge in [0.25, 0.3) is 0 Å². The number of hydrogen-bond donors (Lipinski definition) is 1. The Morgan fingerprint density at radius 1 is 0.701 bits per heavy atom. The minimum Gasteiger partial charge on any atom is -0.492 e. The normalized spacial score (nSPS) is 20.0. The highest BCUT2D eigenvalue weighted by atomic mass is 16.7. The molecule has 14 heteroatoms. The highest BCUT2D eigenvalue weighted by Gasteiger charge is 2.38. The molecule has 0 saturated heterocycles. The van der Waals surface area contributed by atoms with Crippen LogP contribution < -0.4 is 29.7 Å². The lowest BCUT2D eigenvalue weighted by atomic mass is 9.86. The molecule has 6 heterocycles. The predicted octanol–water partition coefficient (Wildman–Crippen LogP) is 10.3. The zero-order chi connectivity index (χ0) is 46.0. The van der Waals surface area contributed by atoms with E-state index in [9.17, 15) is 9.59 Å². The quantitative estimate of drug-likeness (QED) is 0.140. The molecule has 2 aliphatic heterocycles. The molecule has 67 heavy (non-hydrogen) atoms. The van der Waals surface area contributed by atoms with E-state index in [-0.39, 0.29) is 35.9 Å². The Morgan fingerprint density at radius 2 is 1.39 bits per heavy atom. The van der Waals surface area contributed by atoms with E-state index >= 15 is 0 Å². The number of nitrogens with zero attached hydrogens (tertiary/aromatic N) is 7. The van der Waals surface area contributed by atoms with E-state index in [1.807, 2.05) is 95.6 Å². The summed E-state index contributed by atoms with van der Waals surface area (Å²) in [5.74, 6) is 2.39.